The molecule has 1 aliphatic rings. The van der Waals surface area contributed by atoms with Crippen LogP contribution in [0.3, 0.4) is 0 Å². The zero-order valence-corrected chi connectivity index (χ0v) is 13.2. The summed E-state index contributed by atoms with van der Waals surface area (Å²) in [6, 6.07) is -0.169. The van der Waals surface area contributed by atoms with E-state index in [9.17, 15) is 4.79 Å². The molecule has 4 nitrogen and oxygen atoms in total. The van der Waals surface area contributed by atoms with Crippen LogP contribution in [0.15, 0.2) is 53.1 Å². The smallest absolute Gasteiger partial charge is 0.146 e. The zero-order chi connectivity index (χ0) is 15.5. The molecule has 0 amide bonds. The van der Waals surface area contributed by atoms with Gasteiger partial charge in [0.25, 0.3) is 0 Å². The van der Waals surface area contributed by atoms with E-state index in [2.05, 4.69) is 4.98 Å². The average Bonchev–Trinajstić information content (AvgIpc) is 2.91. The molecule has 1 aromatic rings. The fourth-order valence-electron chi connectivity index (χ4n) is 2.48. The van der Waals surface area contributed by atoms with Gasteiger partial charge in [0.1, 0.15) is 6.29 Å². The minimum Gasteiger partial charge on any atom is -0.376 e. The number of hydrogen-bond acceptors (Lipinski definition) is 3. The van der Waals surface area contributed by atoms with Crippen LogP contribution in [-0.2, 0) is 9.53 Å². The lowest BCUT2D eigenvalue weighted by Gasteiger charge is -2.35. The van der Waals surface area contributed by atoms with Crippen molar-refractivity contribution in [1.29, 1.82) is 0 Å². The van der Waals surface area contributed by atoms with E-state index in [0.29, 0.717) is 17.0 Å². The van der Waals surface area contributed by atoms with Gasteiger partial charge >= 0.3 is 0 Å². The number of carbonyl (C=O) groups excluding carboxylic acids is 1. The third kappa shape index (κ3) is 3.34. The molecule has 1 atom stereocenters. The fraction of sp³-hybridized carbons (Fsp3) is 0.375. The van der Waals surface area contributed by atoms with E-state index in [0.717, 1.165) is 11.9 Å². The number of ether oxygens (including phenoxy) is 1. The van der Waals surface area contributed by atoms with Gasteiger partial charge in [0.2, 0.25) is 0 Å². The number of imidazole rings is 1. The quantitative estimate of drug-likeness (QED) is 0.783. The van der Waals surface area contributed by atoms with Gasteiger partial charge in [-0.05, 0) is 31.9 Å². The van der Waals surface area contributed by atoms with Crippen molar-refractivity contribution >= 4 is 17.9 Å². The monoisotopic (exact) mass is 306 g/mol. The Balaban J connectivity index is 2.57. The van der Waals surface area contributed by atoms with E-state index < -0.39 is 5.60 Å². The highest BCUT2D eigenvalue weighted by Gasteiger charge is 2.34. The Hall–Kier alpha value is -1.65. The van der Waals surface area contributed by atoms with Crippen LogP contribution < -0.4 is 0 Å². The second-order valence-electron chi connectivity index (χ2n) is 5.44. The summed E-state index contributed by atoms with van der Waals surface area (Å²) in [5, 5.41) is 0.629. The first-order chi connectivity index (χ1) is 9.99. The summed E-state index contributed by atoms with van der Waals surface area (Å²) in [6.45, 7) is 3.97. The van der Waals surface area contributed by atoms with Crippen molar-refractivity contribution in [2.24, 2.45) is 0 Å². The van der Waals surface area contributed by atoms with Crippen LogP contribution in [0.1, 0.15) is 26.3 Å². The molecular formula is C16H19ClN2O2. The maximum absolute atomic E-state index is 11.5. The van der Waals surface area contributed by atoms with Crippen LogP contribution in [0.25, 0.3) is 0 Å². The van der Waals surface area contributed by atoms with Crippen LogP contribution in [0.2, 0.25) is 0 Å². The zero-order valence-electron chi connectivity index (χ0n) is 12.4. The maximum Gasteiger partial charge on any atom is 0.146 e. The molecule has 2 rings (SSSR count). The van der Waals surface area contributed by atoms with Gasteiger partial charge in [-0.1, -0.05) is 23.8 Å². The molecule has 1 aromatic heterocycles. The molecule has 0 bridgehead atoms. The Morgan fingerprint density at radius 3 is 2.81 bits per heavy atom. The van der Waals surface area contributed by atoms with Crippen LogP contribution in [0.4, 0.5) is 0 Å². The Morgan fingerprint density at radius 1 is 1.48 bits per heavy atom. The molecule has 112 valence electrons. The summed E-state index contributed by atoms with van der Waals surface area (Å²) < 4.78 is 7.61. The SMILES string of the molecule is COC(C)(C)C(C1=C(C=O)CC=C(Cl)C=C1)n1ccnc1. The number of rotatable bonds is 5. The number of nitrogens with zero attached hydrogens (tertiary/aromatic N) is 2. The van der Waals surface area contributed by atoms with E-state index in [1.807, 2.05) is 42.8 Å². The molecule has 1 aliphatic carbocycles. The Bertz CT molecular complexity index is 598. The molecule has 0 saturated heterocycles. The van der Waals surface area contributed by atoms with Crippen LogP contribution in [0.5, 0.6) is 0 Å². The largest absolute Gasteiger partial charge is 0.376 e. The molecule has 0 radical (unpaired) electrons. The summed E-state index contributed by atoms with van der Waals surface area (Å²) in [7, 11) is 1.66. The number of aldehydes is 1. The van der Waals surface area contributed by atoms with E-state index in [-0.39, 0.29) is 6.04 Å². The molecule has 1 heterocycles. The highest BCUT2D eigenvalue weighted by atomic mass is 35.5. The number of methoxy groups -OCH3 is 1. The average molecular weight is 307 g/mol. The van der Waals surface area contributed by atoms with Gasteiger partial charge in [-0.25, -0.2) is 4.98 Å². The second kappa shape index (κ2) is 6.41. The molecular weight excluding hydrogens is 288 g/mol. The van der Waals surface area contributed by atoms with Gasteiger partial charge in [0.05, 0.1) is 18.0 Å². The predicted molar refractivity (Wildman–Crippen MR) is 83.1 cm³/mol. The Labute approximate surface area is 129 Å². The van der Waals surface area contributed by atoms with E-state index >= 15 is 0 Å². The number of allylic oxidation sites excluding steroid dienone is 5. The molecule has 0 spiro atoms. The lowest BCUT2D eigenvalue weighted by Crippen LogP contribution is -2.36. The minimum atomic E-state index is -0.508. The first-order valence-electron chi connectivity index (χ1n) is 6.74. The van der Waals surface area contributed by atoms with Crippen molar-refractivity contribution in [3.05, 3.63) is 53.1 Å². The first-order valence-corrected chi connectivity index (χ1v) is 7.12. The van der Waals surface area contributed by atoms with Crippen LogP contribution in [0, 0.1) is 0 Å². The Kier molecular flexibility index (Phi) is 4.80. The van der Waals surface area contributed by atoms with E-state index in [4.69, 9.17) is 16.3 Å². The molecule has 0 aliphatic heterocycles. The lowest BCUT2D eigenvalue weighted by molar-refractivity contribution is -0.105. The van der Waals surface area contributed by atoms with Crippen molar-refractivity contribution in [2.75, 3.05) is 7.11 Å². The summed E-state index contributed by atoms with van der Waals surface area (Å²) in [5.41, 5.74) is 1.08. The molecule has 5 heteroatoms. The van der Waals surface area contributed by atoms with Crippen molar-refractivity contribution in [3.63, 3.8) is 0 Å². The molecule has 0 N–H and O–H groups in total. The van der Waals surface area contributed by atoms with Crippen molar-refractivity contribution in [1.82, 2.24) is 9.55 Å². The normalized spacial score (nSPS) is 17.4. The first kappa shape index (κ1) is 15.7. The number of halogens is 1. The van der Waals surface area contributed by atoms with Crippen LogP contribution in [-0.4, -0.2) is 28.5 Å². The molecule has 0 fully saturated rings. The minimum absolute atomic E-state index is 0.169. The second-order valence-corrected chi connectivity index (χ2v) is 5.88. The summed E-state index contributed by atoms with van der Waals surface area (Å²) >= 11 is 6.07. The van der Waals surface area contributed by atoms with Crippen LogP contribution >= 0.6 is 11.6 Å². The van der Waals surface area contributed by atoms with E-state index in [1.165, 1.54) is 0 Å². The molecule has 0 aromatic carbocycles. The molecule has 1 unspecified atom stereocenters. The van der Waals surface area contributed by atoms with Gasteiger partial charge in [-0.15, -0.1) is 0 Å². The third-order valence-electron chi connectivity index (χ3n) is 3.75. The topological polar surface area (TPSA) is 44.1 Å². The van der Waals surface area contributed by atoms with Crippen molar-refractivity contribution < 1.29 is 9.53 Å². The summed E-state index contributed by atoms with van der Waals surface area (Å²) in [6.07, 6.45) is 12.2. The number of carbonyl (C=O) groups is 1. The Morgan fingerprint density at radius 2 is 2.24 bits per heavy atom. The van der Waals surface area contributed by atoms with Gasteiger partial charge in [0.15, 0.2) is 0 Å². The molecule has 0 saturated carbocycles. The summed E-state index contributed by atoms with van der Waals surface area (Å²) in [4.78, 5) is 15.6. The third-order valence-corrected chi connectivity index (χ3v) is 4.03. The lowest BCUT2D eigenvalue weighted by atomic mass is 9.87. The number of aromatic nitrogens is 2. The van der Waals surface area contributed by atoms with Gasteiger partial charge in [0, 0.05) is 30.1 Å². The highest BCUT2D eigenvalue weighted by Crippen LogP contribution is 2.36. The van der Waals surface area contributed by atoms with Crippen molar-refractivity contribution in [3.8, 4) is 0 Å². The van der Waals surface area contributed by atoms with Crippen molar-refractivity contribution in [2.45, 2.75) is 31.9 Å². The number of hydrogen-bond donors (Lipinski definition) is 0. The van der Waals surface area contributed by atoms with Gasteiger partial charge < -0.3 is 9.30 Å². The van der Waals surface area contributed by atoms with E-state index in [1.54, 1.807) is 19.6 Å². The van der Waals surface area contributed by atoms with Gasteiger partial charge in [-0.2, -0.15) is 0 Å². The van der Waals surface area contributed by atoms with Gasteiger partial charge in [-0.3, -0.25) is 4.79 Å². The fourth-order valence-corrected chi connectivity index (χ4v) is 2.62. The highest BCUT2D eigenvalue weighted by molar-refractivity contribution is 6.31. The maximum atomic E-state index is 11.5. The predicted octanol–water partition coefficient (Wildman–Crippen LogP) is 3.43. The standard InChI is InChI=1S/C16H19ClN2O2/c1-16(2,21-3)15(19-9-8-18-11-19)14-7-6-13(17)5-4-12(14)10-20/h5-11,15H,4H2,1-3H3. The molecule has 21 heavy (non-hydrogen) atoms. The summed E-state index contributed by atoms with van der Waals surface area (Å²) in [5.74, 6) is 0.